The lowest BCUT2D eigenvalue weighted by Crippen LogP contribution is -2.20. The Kier molecular flexibility index (Phi) is 8.63. The second-order valence-corrected chi connectivity index (χ2v) is 4.67. The van der Waals surface area contributed by atoms with E-state index < -0.39 is 11.8 Å². The second-order valence-electron chi connectivity index (χ2n) is 4.67. The number of Topliss-reactive ketones (excluding diaryl/α,β-unsaturated/α-hetero) is 3. The fraction of sp³-hybridized carbons (Fsp3) is 0.714. The van der Waals surface area contributed by atoms with Crippen LogP contribution in [0.4, 0.5) is 0 Å². The van der Waals surface area contributed by atoms with E-state index in [0.717, 1.165) is 0 Å². The first-order valence-corrected chi connectivity index (χ1v) is 6.48. The smallest absolute Gasteiger partial charge is 0.316 e. The van der Waals surface area contributed by atoms with Crippen LogP contribution in [0.2, 0.25) is 0 Å². The van der Waals surface area contributed by atoms with Crippen molar-refractivity contribution in [3.05, 3.63) is 0 Å². The van der Waals surface area contributed by atoms with Crippen molar-refractivity contribution < 1.29 is 28.7 Å². The third kappa shape index (κ3) is 6.56. The number of methoxy groups -OCH3 is 1. The zero-order valence-electron chi connectivity index (χ0n) is 12.4. The average molecular weight is 286 g/mol. The summed E-state index contributed by atoms with van der Waals surface area (Å²) in [5.41, 5.74) is 0. The van der Waals surface area contributed by atoms with Gasteiger partial charge in [0.25, 0.3) is 0 Å². The van der Waals surface area contributed by atoms with Crippen LogP contribution in [-0.4, -0.2) is 43.6 Å². The number of ether oxygens (including phenoxy) is 2. The molecule has 1 fully saturated rings. The van der Waals surface area contributed by atoms with Crippen LogP contribution in [0, 0.1) is 11.8 Å². The van der Waals surface area contributed by atoms with Crippen LogP contribution in [0.25, 0.3) is 0 Å². The molecule has 6 heteroatoms. The molecule has 0 aromatic carbocycles. The second kappa shape index (κ2) is 9.36. The molecule has 0 aromatic heterocycles. The Morgan fingerprint density at radius 2 is 1.80 bits per heavy atom. The lowest BCUT2D eigenvalue weighted by Gasteiger charge is -2.07. The minimum Gasteiger partial charge on any atom is -0.465 e. The molecule has 114 valence electrons. The monoisotopic (exact) mass is 286 g/mol. The van der Waals surface area contributed by atoms with Gasteiger partial charge in [-0.3, -0.25) is 19.2 Å². The van der Waals surface area contributed by atoms with E-state index in [0.29, 0.717) is 26.1 Å². The molecule has 1 unspecified atom stereocenters. The van der Waals surface area contributed by atoms with E-state index in [1.165, 1.54) is 20.8 Å². The fourth-order valence-corrected chi connectivity index (χ4v) is 1.79. The maximum Gasteiger partial charge on any atom is 0.316 e. The van der Waals surface area contributed by atoms with Crippen LogP contribution in [0.5, 0.6) is 0 Å². The summed E-state index contributed by atoms with van der Waals surface area (Å²) in [5, 5.41) is 0. The fourth-order valence-electron chi connectivity index (χ4n) is 1.79. The summed E-state index contributed by atoms with van der Waals surface area (Å²) in [6.07, 6.45) is 1.06. The third-order valence-corrected chi connectivity index (χ3v) is 3.02. The molecular weight excluding hydrogens is 264 g/mol. The lowest BCUT2D eigenvalue weighted by molar-refractivity contribution is -0.144. The molecule has 0 saturated carbocycles. The van der Waals surface area contributed by atoms with Gasteiger partial charge in [0.05, 0.1) is 12.5 Å². The van der Waals surface area contributed by atoms with Crippen molar-refractivity contribution in [2.24, 2.45) is 11.8 Å². The highest BCUT2D eigenvalue weighted by molar-refractivity contribution is 6.00. The lowest BCUT2D eigenvalue weighted by atomic mass is 9.98. The molecule has 1 aliphatic heterocycles. The highest BCUT2D eigenvalue weighted by atomic mass is 16.5. The molecule has 1 aliphatic rings. The molecule has 1 rings (SSSR count). The van der Waals surface area contributed by atoms with Gasteiger partial charge in [0.15, 0.2) is 0 Å². The first kappa shape index (κ1) is 18.4. The van der Waals surface area contributed by atoms with E-state index in [2.05, 4.69) is 4.74 Å². The van der Waals surface area contributed by atoms with Gasteiger partial charge in [-0.1, -0.05) is 0 Å². The van der Waals surface area contributed by atoms with Gasteiger partial charge in [0.2, 0.25) is 0 Å². The van der Waals surface area contributed by atoms with Crippen LogP contribution in [0.3, 0.4) is 0 Å². The van der Waals surface area contributed by atoms with Crippen molar-refractivity contribution in [1.29, 1.82) is 0 Å². The predicted molar refractivity (Wildman–Crippen MR) is 71.1 cm³/mol. The Labute approximate surface area is 118 Å². The van der Waals surface area contributed by atoms with E-state index >= 15 is 0 Å². The Morgan fingerprint density at radius 1 is 1.25 bits per heavy atom. The number of esters is 1. The number of carbonyl (C=O) groups is 4. The van der Waals surface area contributed by atoms with Crippen LogP contribution in [-0.2, 0) is 28.7 Å². The topological polar surface area (TPSA) is 86.7 Å². The third-order valence-electron chi connectivity index (χ3n) is 3.02. The molecule has 6 nitrogen and oxygen atoms in total. The van der Waals surface area contributed by atoms with E-state index in [1.807, 2.05) is 0 Å². The predicted octanol–water partition coefficient (Wildman–Crippen LogP) is 0.956. The molecule has 0 aliphatic carbocycles. The highest BCUT2D eigenvalue weighted by Crippen LogP contribution is 2.14. The Balaban J connectivity index is 0.000000367. The van der Waals surface area contributed by atoms with Gasteiger partial charge in [-0.2, -0.15) is 0 Å². The molecule has 0 spiro atoms. The molecule has 0 bridgehead atoms. The van der Waals surface area contributed by atoms with E-state index in [4.69, 9.17) is 4.74 Å². The molecule has 1 atom stereocenters. The van der Waals surface area contributed by atoms with Gasteiger partial charge in [-0.15, -0.1) is 0 Å². The largest absolute Gasteiger partial charge is 0.465 e. The summed E-state index contributed by atoms with van der Waals surface area (Å²) >= 11 is 0. The Bertz CT molecular complexity index is 360. The number of rotatable bonds is 6. The SMILES string of the molecule is CC(=O)C1CCOC1=O.COCCC(C(C)=O)C(C)=O. The normalized spacial score (nSPS) is 17.2. The van der Waals surface area contributed by atoms with Gasteiger partial charge in [-0.05, 0) is 27.2 Å². The standard InChI is InChI=1S/C8H14O3.C6H8O3/c1-6(9)8(7(2)10)4-5-11-3;1-4(7)5-2-3-9-6(5)8/h8H,4-5H2,1-3H3;5H,2-3H2,1H3. The molecule has 1 saturated heterocycles. The zero-order chi connectivity index (χ0) is 15.7. The minimum absolute atomic E-state index is 0.0745. The van der Waals surface area contributed by atoms with Gasteiger partial charge in [0, 0.05) is 20.1 Å². The Morgan fingerprint density at radius 3 is 2.05 bits per heavy atom. The van der Waals surface area contributed by atoms with Crippen molar-refractivity contribution >= 4 is 23.3 Å². The molecule has 0 amide bonds. The summed E-state index contributed by atoms with van der Waals surface area (Å²) in [4.78, 5) is 42.8. The van der Waals surface area contributed by atoms with Gasteiger partial charge in [-0.25, -0.2) is 0 Å². The van der Waals surface area contributed by atoms with E-state index in [-0.39, 0.29) is 23.3 Å². The van der Waals surface area contributed by atoms with Crippen molar-refractivity contribution in [1.82, 2.24) is 0 Å². The minimum atomic E-state index is -0.468. The number of carbonyl (C=O) groups excluding carboxylic acids is 4. The first-order chi connectivity index (χ1) is 9.31. The zero-order valence-corrected chi connectivity index (χ0v) is 12.4. The molecule has 0 aromatic rings. The van der Waals surface area contributed by atoms with Crippen LogP contribution in [0.15, 0.2) is 0 Å². The number of hydrogen-bond acceptors (Lipinski definition) is 6. The van der Waals surface area contributed by atoms with Crippen LogP contribution < -0.4 is 0 Å². The van der Waals surface area contributed by atoms with Crippen LogP contribution in [0.1, 0.15) is 33.6 Å². The molecule has 0 radical (unpaired) electrons. The van der Waals surface area contributed by atoms with Crippen molar-refractivity contribution in [3.63, 3.8) is 0 Å². The number of ketones is 3. The summed E-state index contributed by atoms with van der Waals surface area (Å²) in [5.74, 6) is -1.52. The first-order valence-electron chi connectivity index (χ1n) is 6.48. The maximum atomic E-state index is 10.8. The van der Waals surface area contributed by atoms with Crippen molar-refractivity contribution in [2.45, 2.75) is 33.6 Å². The maximum absolute atomic E-state index is 10.8. The van der Waals surface area contributed by atoms with Gasteiger partial charge in [0.1, 0.15) is 23.3 Å². The summed E-state index contributed by atoms with van der Waals surface area (Å²) in [6.45, 7) is 5.15. The number of cyclic esters (lactones) is 1. The van der Waals surface area contributed by atoms with Crippen molar-refractivity contribution in [3.8, 4) is 0 Å². The van der Waals surface area contributed by atoms with Crippen LogP contribution >= 0.6 is 0 Å². The molecular formula is C14H22O6. The van der Waals surface area contributed by atoms with Gasteiger partial charge >= 0.3 is 5.97 Å². The van der Waals surface area contributed by atoms with Crippen molar-refractivity contribution in [2.75, 3.05) is 20.3 Å². The Hall–Kier alpha value is -1.56. The summed E-state index contributed by atoms with van der Waals surface area (Å²) < 4.78 is 9.34. The molecule has 0 N–H and O–H groups in total. The summed E-state index contributed by atoms with van der Waals surface area (Å²) in [6, 6.07) is 0. The summed E-state index contributed by atoms with van der Waals surface area (Å²) in [7, 11) is 1.55. The molecule has 20 heavy (non-hydrogen) atoms. The van der Waals surface area contributed by atoms with E-state index in [9.17, 15) is 19.2 Å². The molecule has 1 heterocycles. The van der Waals surface area contributed by atoms with E-state index in [1.54, 1.807) is 7.11 Å². The highest BCUT2D eigenvalue weighted by Gasteiger charge is 2.29. The van der Waals surface area contributed by atoms with Gasteiger partial charge < -0.3 is 9.47 Å². The quantitative estimate of drug-likeness (QED) is 0.534. The number of hydrogen-bond donors (Lipinski definition) is 0. The average Bonchev–Trinajstić information content (AvgIpc) is 2.76.